The number of carbonyl (C=O) groups excluding carboxylic acids is 1. The molecule has 4 nitrogen and oxygen atoms in total. The Morgan fingerprint density at radius 1 is 1.32 bits per heavy atom. The molecule has 2 heterocycles. The minimum absolute atomic E-state index is 0.313. The summed E-state index contributed by atoms with van der Waals surface area (Å²) in [5, 5.41) is 3.49. The fourth-order valence-electron chi connectivity index (χ4n) is 3.15. The normalized spacial score (nSPS) is 24.3. The molecule has 1 unspecified atom stereocenters. The van der Waals surface area contributed by atoms with Crippen LogP contribution in [0.15, 0.2) is 0 Å². The van der Waals surface area contributed by atoms with Gasteiger partial charge in [-0.15, -0.1) is 0 Å². The van der Waals surface area contributed by atoms with Crippen LogP contribution in [0.2, 0.25) is 0 Å². The van der Waals surface area contributed by atoms with Gasteiger partial charge in [-0.2, -0.15) is 0 Å². The molecule has 0 aliphatic carbocycles. The maximum atomic E-state index is 12.4. The summed E-state index contributed by atoms with van der Waals surface area (Å²) < 4.78 is 0. The van der Waals surface area contributed by atoms with Gasteiger partial charge in [-0.3, -0.25) is 4.79 Å². The summed E-state index contributed by atoms with van der Waals surface area (Å²) >= 11 is 0. The van der Waals surface area contributed by atoms with Crippen LogP contribution in [0.4, 0.5) is 0 Å². The van der Waals surface area contributed by atoms with Gasteiger partial charge >= 0.3 is 0 Å². The third-order valence-electron chi connectivity index (χ3n) is 4.36. The van der Waals surface area contributed by atoms with Gasteiger partial charge in [0.05, 0.1) is 0 Å². The topological polar surface area (TPSA) is 35.6 Å². The molecule has 19 heavy (non-hydrogen) atoms. The van der Waals surface area contributed by atoms with E-state index in [1.807, 2.05) is 0 Å². The first-order chi connectivity index (χ1) is 9.16. The lowest BCUT2D eigenvalue weighted by atomic mass is 10.1. The highest BCUT2D eigenvalue weighted by Gasteiger charge is 2.24. The Labute approximate surface area is 117 Å². The van der Waals surface area contributed by atoms with Crippen molar-refractivity contribution in [3.05, 3.63) is 0 Å². The van der Waals surface area contributed by atoms with Crippen LogP contribution in [0.1, 0.15) is 46.0 Å². The van der Waals surface area contributed by atoms with Gasteiger partial charge in [0.15, 0.2) is 0 Å². The molecule has 1 amide bonds. The molecule has 2 aliphatic rings. The molecule has 0 radical (unpaired) electrons. The Bertz CT molecular complexity index is 281. The Morgan fingerprint density at radius 3 is 2.63 bits per heavy atom. The minimum Gasteiger partial charge on any atom is -0.339 e. The van der Waals surface area contributed by atoms with Gasteiger partial charge in [-0.1, -0.05) is 0 Å². The predicted molar refractivity (Wildman–Crippen MR) is 78.2 cm³/mol. The smallest absolute Gasteiger partial charge is 0.224 e. The molecule has 0 saturated carbocycles. The Hall–Kier alpha value is -0.610. The summed E-state index contributed by atoms with van der Waals surface area (Å²) in [6, 6.07) is 0.826. The number of nitrogens with one attached hydrogen (secondary N) is 1. The largest absolute Gasteiger partial charge is 0.339 e. The number of amides is 1. The summed E-state index contributed by atoms with van der Waals surface area (Å²) in [4.78, 5) is 16.9. The lowest BCUT2D eigenvalue weighted by molar-refractivity contribution is -0.133. The first-order valence-corrected chi connectivity index (χ1v) is 7.92. The zero-order valence-corrected chi connectivity index (χ0v) is 12.5. The summed E-state index contributed by atoms with van der Waals surface area (Å²) in [6.07, 6.45) is 5.74. The van der Waals surface area contributed by atoms with E-state index in [9.17, 15) is 4.79 Å². The van der Waals surface area contributed by atoms with Crippen LogP contribution in [0.5, 0.6) is 0 Å². The van der Waals surface area contributed by atoms with Crippen molar-refractivity contribution in [2.45, 2.75) is 58.0 Å². The molecule has 2 aliphatic heterocycles. The zero-order valence-electron chi connectivity index (χ0n) is 12.5. The van der Waals surface area contributed by atoms with Crippen LogP contribution in [-0.4, -0.2) is 60.5 Å². The lowest BCUT2D eigenvalue weighted by Crippen LogP contribution is -2.45. The molecular weight excluding hydrogens is 238 g/mol. The zero-order chi connectivity index (χ0) is 13.7. The van der Waals surface area contributed by atoms with Crippen LogP contribution in [0, 0.1) is 0 Å². The van der Waals surface area contributed by atoms with Gasteiger partial charge in [0.25, 0.3) is 0 Å². The van der Waals surface area contributed by atoms with E-state index < -0.39 is 0 Å². The Morgan fingerprint density at radius 2 is 2.05 bits per heavy atom. The van der Waals surface area contributed by atoms with Gasteiger partial charge in [-0.05, 0) is 59.2 Å². The monoisotopic (exact) mass is 267 g/mol. The second-order valence-electron chi connectivity index (χ2n) is 6.23. The molecular formula is C15H29N3O. The summed E-state index contributed by atoms with van der Waals surface area (Å²) in [5.74, 6) is 0.329. The third kappa shape index (κ3) is 4.46. The molecule has 4 heteroatoms. The predicted octanol–water partition coefficient (Wildman–Crippen LogP) is 1.46. The summed E-state index contributed by atoms with van der Waals surface area (Å²) in [6.45, 7) is 9.55. The van der Waals surface area contributed by atoms with E-state index in [4.69, 9.17) is 0 Å². The quantitative estimate of drug-likeness (QED) is 0.791. The van der Waals surface area contributed by atoms with Crippen molar-refractivity contribution < 1.29 is 4.79 Å². The minimum atomic E-state index is 0.313. The van der Waals surface area contributed by atoms with Crippen molar-refractivity contribution in [2.75, 3.05) is 32.7 Å². The number of likely N-dealkylation sites (tertiary alicyclic amines) is 1. The molecule has 0 aromatic heterocycles. The van der Waals surface area contributed by atoms with Gasteiger partial charge in [-0.25, -0.2) is 0 Å². The molecule has 2 saturated heterocycles. The van der Waals surface area contributed by atoms with E-state index in [1.54, 1.807) is 0 Å². The Balaban J connectivity index is 1.77. The molecule has 110 valence electrons. The van der Waals surface area contributed by atoms with E-state index >= 15 is 0 Å². The molecule has 2 fully saturated rings. The SMILES string of the molecule is CC(C)N(CC1CCCN1)C(=O)CCN1CCCC1. The number of nitrogens with zero attached hydrogens (tertiary/aromatic N) is 2. The van der Waals surface area contributed by atoms with Crippen molar-refractivity contribution in [3.63, 3.8) is 0 Å². The van der Waals surface area contributed by atoms with Crippen molar-refractivity contribution in [2.24, 2.45) is 0 Å². The van der Waals surface area contributed by atoms with Gasteiger partial charge in [0.1, 0.15) is 0 Å². The molecule has 0 aromatic carbocycles. The standard InChI is InChI=1S/C15H29N3O/c1-13(2)18(12-14-6-5-8-16-14)15(19)7-11-17-9-3-4-10-17/h13-14,16H,3-12H2,1-2H3. The average Bonchev–Trinajstić information content (AvgIpc) is 3.05. The third-order valence-corrected chi connectivity index (χ3v) is 4.36. The molecule has 2 rings (SSSR count). The number of hydrogen-bond acceptors (Lipinski definition) is 3. The van der Waals surface area contributed by atoms with Crippen LogP contribution in [0.25, 0.3) is 0 Å². The summed E-state index contributed by atoms with van der Waals surface area (Å²) in [5.41, 5.74) is 0. The maximum Gasteiger partial charge on any atom is 0.224 e. The highest BCUT2D eigenvalue weighted by atomic mass is 16.2. The second kappa shape index (κ2) is 7.25. The van der Waals surface area contributed by atoms with E-state index in [0.29, 0.717) is 24.4 Å². The molecule has 1 N–H and O–H groups in total. The number of carbonyl (C=O) groups is 1. The molecule has 1 atom stereocenters. The van der Waals surface area contributed by atoms with Crippen LogP contribution in [-0.2, 0) is 4.79 Å². The number of hydrogen-bond donors (Lipinski definition) is 1. The van der Waals surface area contributed by atoms with E-state index in [2.05, 4.69) is 29.0 Å². The highest BCUT2D eigenvalue weighted by Crippen LogP contribution is 2.12. The van der Waals surface area contributed by atoms with Crippen LogP contribution in [0.3, 0.4) is 0 Å². The molecule has 0 spiro atoms. The van der Waals surface area contributed by atoms with E-state index in [0.717, 1.165) is 19.6 Å². The first-order valence-electron chi connectivity index (χ1n) is 7.92. The maximum absolute atomic E-state index is 12.4. The van der Waals surface area contributed by atoms with E-state index in [-0.39, 0.29) is 0 Å². The van der Waals surface area contributed by atoms with Crippen molar-refractivity contribution >= 4 is 5.91 Å². The van der Waals surface area contributed by atoms with Crippen LogP contribution >= 0.6 is 0 Å². The fourth-order valence-corrected chi connectivity index (χ4v) is 3.15. The highest BCUT2D eigenvalue weighted by molar-refractivity contribution is 5.76. The molecule has 0 aromatic rings. The average molecular weight is 267 g/mol. The van der Waals surface area contributed by atoms with Gasteiger partial charge < -0.3 is 15.1 Å². The fraction of sp³-hybridized carbons (Fsp3) is 0.933. The van der Waals surface area contributed by atoms with Crippen molar-refractivity contribution in [3.8, 4) is 0 Å². The van der Waals surface area contributed by atoms with Gasteiger partial charge in [0.2, 0.25) is 5.91 Å². The first kappa shape index (κ1) is 14.8. The molecule has 0 bridgehead atoms. The second-order valence-corrected chi connectivity index (χ2v) is 6.23. The van der Waals surface area contributed by atoms with Crippen molar-refractivity contribution in [1.82, 2.24) is 15.1 Å². The number of rotatable bonds is 6. The van der Waals surface area contributed by atoms with Gasteiger partial charge in [0, 0.05) is 31.6 Å². The van der Waals surface area contributed by atoms with Crippen molar-refractivity contribution in [1.29, 1.82) is 0 Å². The summed E-state index contributed by atoms with van der Waals surface area (Å²) in [7, 11) is 0. The van der Waals surface area contributed by atoms with Crippen LogP contribution < -0.4 is 5.32 Å². The lowest BCUT2D eigenvalue weighted by Gasteiger charge is -2.30. The van der Waals surface area contributed by atoms with E-state index in [1.165, 1.54) is 38.8 Å². The Kier molecular flexibility index (Phi) is 5.64.